The lowest BCUT2D eigenvalue weighted by molar-refractivity contribution is -0.0978. The Kier molecular flexibility index (Phi) is 2.93. The molecule has 17 heavy (non-hydrogen) atoms. The number of aromatic hydroxyl groups is 2. The minimum atomic E-state index is -0.351. The first kappa shape index (κ1) is 11.7. The van der Waals surface area contributed by atoms with E-state index in [-0.39, 0.29) is 28.4 Å². The smallest absolute Gasteiger partial charge is 0.255 e. The molecule has 1 heterocycles. The maximum absolute atomic E-state index is 11.8. The molecule has 1 aliphatic rings. The first-order valence-corrected chi connectivity index (χ1v) is 5.38. The average Bonchev–Trinajstić information content (AvgIpc) is 2.23. The van der Waals surface area contributed by atoms with Gasteiger partial charge in [0.2, 0.25) is 0 Å². The fourth-order valence-corrected chi connectivity index (χ4v) is 1.65. The van der Waals surface area contributed by atoms with Crippen LogP contribution in [0.3, 0.4) is 0 Å². The monoisotopic (exact) mass is 237 g/mol. The van der Waals surface area contributed by atoms with E-state index in [0.717, 1.165) is 6.07 Å². The number of nitrogens with one attached hydrogen (secondary N) is 1. The van der Waals surface area contributed by atoms with Crippen LogP contribution in [0, 0.1) is 5.41 Å². The van der Waals surface area contributed by atoms with Crippen molar-refractivity contribution in [2.45, 2.75) is 6.92 Å². The van der Waals surface area contributed by atoms with Crippen molar-refractivity contribution >= 4 is 5.91 Å². The van der Waals surface area contributed by atoms with E-state index in [0.29, 0.717) is 19.8 Å². The van der Waals surface area contributed by atoms with Gasteiger partial charge in [-0.15, -0.1) is 0 Å². The summed E-state index contributed by atoms with van der Waals surface area (Å²) in [7, 11) is 0. The normalized spacial score (nSPS) is 17.2. The van der Waals surface area contributed by atoms with Crippen LogP contribution < -0.4 is 5.32 Å². The van der Waals surface area contributed by atoms with Crippen LogP contribution >= 0.6 is 0 Å². The number of carbonyl (C=O) groups is 1. The molecule has 1 aliphatic heterocycles. The van der Waals surface area contributed by atoms with E-state index in [4.69, 9.17) is 9.84 Å². The van der Waals surface area contributed by atoms with Gasteiger partial charge in [-0.2, -0.15) is 0 Å². The third-order valence-electron chi connectivity index (χ3n) is 2.80. The quantitative estimate of drug-likeness (QED) is 0.728. The number of ether oxygens (including phenoxy) is 1. The molecule has 5 heteroatoms. The number of carbonyl (C=O) groups excluding carboxylic acids is 1. The van der Waals surface area contributed by atoms with Crippen LogP contribution in [-0.4, -0.2) is 35.9 Å². The van der Waals surface area contributed by atoms with Gasteiger partial charge in [0.05, 0.1) is 18.8 Å². The van der Waals surface area contributed by atoms with Gasteiger partial charge >= 0.3 is 0 Å². The summed E-state index contributed by atoms with van der Waals surface area (Å²) in [4.78, 5) is 11.8. The number of hydrogen-bond acceptors (Lipinski definition) is 4. The molecule has 0 saturated carbocycles. The molecule has 0 radical (unpaired) electrons. The summed E-state index contributed by atoms with van der Waals surface area (Å²) in [5.74, 6) is -0.647. The highest BCUT2D eigenvalue weighted by molar-refractivity contribution is 5.97. The van der Waals surface area contributed by atoms with E-state index in [1.807, 2.05) is 6.92 Å². The van der Waals surface area contributed by atoms with E-state index in [2.05, 4.69) is 5.32 Å². The molecule has 0 aromatic heterocycles. The third-order valence-corrected chi connectivity index (χ3v) is 2.80. The fraction of sp³-hybridized carbons (Fsp3) is 0.417. The number of phenolic OH excluding ortho intramolecular Hbond substituents is 2. The summed E-state index contributed by atoms with van der Waals surface area (Å²) >= 11 is 0. The van der Waals surface area contributed by atoms with Gasteiger partial charge < -0.3 is 20.3 Å². The standard InChI is InChI=1S/C12H15NO4/c1-12(6-17-7-12)5-13-11(16)9-3-2-8(14)4-10(9)15/h2-4,14-15H,5-7H2,1H3,(H,13,16). The van der Waals surface area contributed by atoms with Gasteiger partial charge in [-0.25, -0.2) is 0 Å². The van der Waals surface area contributed by atoms with E-state index < -0.39 is 0 Å². The lowest BCUT2D eigenvalue weighted by Gasteiger charge is -2.38. The lowest BCUT2D eigenvalue weighted by Crippen LogP contribution is -2.48. The molecule has 0 bridgehead atoms. The first-order valence-electron chi connectivity index (χ1n) is 5.38. The van der Waals surface area contributed by atoms with Crippen LogP contribution in [-0.2, 0) is 4.74 Å². The van der Waals surface area contributed by atoms with Crippen LogP contribution in [0.2, 0.25) is 0 Å². The molecular formula is C12H15NO4. The molecular weight excluding hydrogens is 222 g/mol. The predicted octanol–water partition coefficient (Wildman–Crippen LogP) is 0.864. The van der Waals surface area contributed by atoms with Crippen LogP contribution in [0.1, 0.15) is 17.3 Å². The van der Waals surface area contributed by atoms with Crippen molar-refractivity contribution in [3.63, 3.8) is 0 Å². The second kappa shape index (κ2) is 4.25. The molecule has 3 N–H and O–H groups in total. The number of rotatable bonds is 3. The van der Waals surface area contributed by atoms with Crippen LogP contribution in [0.5, 0.6) is 11.5 Å². The minimum absolute atomic E-state index is 0.0117. The minimum Gasteiger partial charge on any atom is -0.508 e. The van der Waals surface area contributed by atoms with Gasteiger partial charge in [0.15, 0.2) is 0 Å². The second-order valence-corrected chi connectivity index (χ2v) is 4.69. The van der Waals surface area contributed by atoms with Crippen LogP contribution in [0.15, 0.2) is 18.2 Å². The Balaban J connectivity index is 1.99. The Labute approximate surface area is 99.0 Å². The fourth-order valence-electron chi connectivity index (χ4n) is 1.65. The summed E-state index contributed by atoms with van der Waals surface area (Å²) < 4.78 is 5.08. The van der Waals surface area contributed by atoms with Gasteiger partial charge in [0.1, 0.15) is 11.5 Å². The van der Waals surface area contributed by atoms with Gasteiger partial charge in [-0.3, -0.25) is 4.79 Å². The Morgan fingerprint density at radius 1 is 1.47 bits per heavy atom. The second-order valence-electron chi connectivity index (χ2n) is 4.69. The molecule has 0 spiro atoms. The summed E-state index contributed by atoms with van der Waals surface area (Å²) in [6, 6.07) is 3.89. The molecule has 1 aromatic rings. The maximum Gasteiger partial charge on any atom is 0.255 e. The number of hydrogen-bond donors (Lipinski definition) is 3. The summed E-state index contributed by atoms with van der Waals surface area (Å²) in [6.45, 7) is 3.79. The highest BCUT2D eigenvalue weighted by Gasteiger charge is 2.33. The molecule has 5 nitrogen and oxygen atoms in total. The number of amides is 1. The summed E-state index contributed by atoms with van der Waals surface area (Å²) in [5.41, 5.74) is 0.147. The predicted molar refractivity (Wildman–Crippen MR) is 61.0 cm³/mol. The van der Waals surface area contributed by atoms with Gasteiger partial charge in [0.25, 0.3) is 5.91 Å². The van der Waals surface area contributed by atoms with E-state index in [1.165, 1.54) is 12.1 Å². The van der Waals surface area contributed by atoms with Crippen molar-refractivity contribution in [2.75, 3.05) is 19.8 Å². The maximum atomic E-state index is 11.8. The zero-order valence-corrected chi connectivity index (χ0v) is 9.56. The van der Waals surface area contributed by atoms with E-state index in [9.17, 15) is 9.90 Å². The highest BCUT2D eigenvalue weighted by atomic mass is 16.5. The van der Waals surface area contributed by atoms with Crippen molar-refractivity contribution in [1.82, 2.24) is 5.32 Å². The topological polar surface area (TPSA) is 78.8 Å². The largest absolute Gasteiger partial charge is 0.508 e. The Morgan fingerprint density at radius 2 is 2.18 bits per heavy atom. The molecule has 92 valence electrons. The van der Waals surface area contributed by atoms with Gasteiger partial charge in [-0.1, -0.05) is 6.92 Å². The molecule has 2 rings (SSSR count). The van der Waals surface area contributed by atoms with Crippen LogP contribution in [0.4, 0.5) is 0 Å². The van der Waals surface area contributed by atoms with E-state index >= 15 is 0 Å². The van der Waals surface area contributed by atoms with Gasteiger partial charge in [0, 0.05) is 18.0 Å². The SMILES string of the molecule is CC1(CNC(=O)c2ccc(O)cc2O)COC1. The Hall–Kier alpha value is -1.75. The van der Waals surface area contributed by atoms with Crippen molar-refractivity contribution in [1.29, 1.82) is 0 Å². The molecule has 0 aliphatic carbocycles. The van der Waals surface area contributed by atoms with Gasteiger partial charge in [-0.05, 0) is 12.1 Å². The summed E-state index contributed by atoms with van der Waals surface area (Å²) in [5, 5.41) is 21.4. The highest BCUT2D eigenvalue weighted by Crippen LogP contribution is 2.26. The zero-order valence-electron chi connectivity index (χ0n) is 9.56. The molecule has 1 amide bonds. The van der Waals surface area contributed by atoms with Crippen molar-refractivity contribution < 1.29 is 19.7 Å². The summed E-state index contributed by atoms with van der Waals surface area (Å²) in [6.07, 6.45) is 0. The van der Waals surface area contributed by atoms with Crippen LogP contribution in [0.25, 0.3) is 0 Å². The molecule has 1 aromatic carbocycles. The molecule has 1 fully saturated rings. The number of benzene rings is 1. The van der Waals surface area contributed by atoms with Crippen molar-refractivity contribution in [2.24, 2.45) is 5.41 Å². The van der Waals surface area contributed by atoms with E-state index in [1.54, 1.807) is 0 Å². The molecule has 1 saturated heterocycles. The van der Waals surface area contributed by atoms with Crippen molar-refractivity contribution in [3.8, 4) is 11.5 Å². The molecule has 0 unspecified atom stereocenters. The van der Waals surface area contributed by atoms with Crippen molar-refractivity contribution in [3.05, 3.63) is 23.8 Å². The zero-order chi connectivity index (χ0) is 12.5. The number of phenols is 2. The lowest BCUT2D eigenvalue weighted by atomic mass is 9.88. The average molecular weight is 237 g/mol. The molecule has 0 atom stereocenters. The Bertz CT molecular complexity index is 440. The first-order chi connectivity index (χ1) is 8.00. The third kappa shape index (κ3) is 2.50. The Morgan fingerprint density at radius 3 is 2.71 bits per heavy atom.